The Labute approximate surface area is 122 Å². The minimum Gasteiger partial charge on any atom is -0.378 e. The van der Waals surface area contributed by atoms with Crippen LogP contribution in [0, 0.1) is 0 Å². The van der Waals surface area contributed by atoms with Crippen LogP contribution in [-0.4, -0.2) is 52.5 Å². The van der Waals surface area contributed by atoms with Gasteiger partial charge in [0.05, 0.1) is 13.2 Å². The second-order valence-corrected chi connectivity index (χ2v) is 4.76. The zero-order valence-corrected chi connectivity index (χ0v) is 11.7. The minimum atomic E-state index is 0.0291. The third kappa shape index (κ3) is 3.03. The molecule has 108 valence electrons. The summed E-state index contributed by atoms with van der Waals surface area (Å²) in [6.45, 7) is 4.35. The third-order valence-electron chi connectivity index (χ3n) is 3.31. The van der Waals surface area contributed by atoms with Gasteiger partial charge in [0.2, 0.25) is 5.82 Å². The van der Waals surface area contributed by atoms with Crippen molar-refractivity contribution in [3.63, 3.8) is 0 Å². The number of aromatic nitrogens is 4. The molecule has 1 aromatic heterocycles. The molecule has 0 saturated carbocycles. The maximum Gasteiger partial charge on any atom is 0.264 e. The monoisotopic (exact) mass is 285 g/mol. The van der Waals surface area contributed by atoms with Gasteiger partial charge in [-0.25, -0.2) is 0 Å². The number of nitrogens with zero attached hydrogens (tertiary/aromatic N) is 5. The minimum absolute atomic E-state index is 0.0291. The molecule has 0 bridgehead atoms. The van der Waals surface area contributed by atoms with Crippen molar-refractivity contribution in [2.45, 2.75) is 6.92 Å². The molecule has 1 aromatic carbocycles. The molecule has 0 unspecified atom stereocenters. The summed E-state index contributed by atoms with van der Waals surface area (Å²) in [5.41, 5.74) is 1.44. The molecule has 0 amide bonds. The van der Waals surface area contributed by atoms with E-state index < -0.39 is 0 Å². The SMILES string of the molecule is CC(=O)c1ccc(-c2nnc(N3CCOCC3)nn2)cc1. The van der Waals surface area contributed by atoms with E-state index in [9.17, 15) is 4.79 Å². The standard InChI is InChI=1S/C14H15N5O2/c1-10(20)11-2-4-12(5-3-11)13-15-17-14(18-16-13)19-6-8-21-9-7-19/h2-5H,6-9H2,1H3. The highest BCUT2D eigenvalue weighted by Gasteiger charge is 2.15. The van der Waals surface area contributed by atoms with Gasteiger partial charge in [0.1, 0.15) is 0 Å². The fourth-order valence-corrected chi connectivity index (χ4v) is 2.08. The largest absolute Gasteiger partial charge is 0.378 e. The second-order valence-electron chi connectivity index (χ2n) is 4.76. The summed E-state index contributed by atoms with van der Waals surface area (Å²) in [7, 11) is 0. The third-order valence-corrected chi connectivity index (χ3v) is 3.31. The van der Waals surface area contributed by atoms with Gasteiger partial charge in [0.25, 0.3) is 5.95 Å². The van der Waals surface area contributed by atoms with Gasteiger partial charge in [-0.1, -0.05) is 24.3 Å². The lowest BCUT2D eigenvalue weighted by atomic mass is 10.1. The van der Waals surface area contributed by atoms with E-state index in [-0.39, 0.29) is 5.78 Å². The number of hydrogen-bond donors (Lipinski definition) is 0. The smallest absolute Gasteiger partial charge is 0.264 e. The first-order valence-corrected chi connectivity index (χ1v) is 6.75. The summed E-state index contributed by atoms with van der Waals surface area (Å²) in [5.74, 6) is 0.992. The Hall–Kier alpha value is -2.41. The normalized spacial score (nSPS) is 15.0. The van der Waals surface area contributed by atoms with Crippen molar-refractivity contribution in [3.05, 3.63) is 29.8 Å². The molecule has 1 aliphatic heterocycles. The lowest BCUT2D eigenvalue weighted by Gasteiger charge is -2.25. The van der Waals surface area contributed by atoms with Gasteiger partial charge in [-0.15, -0.1) is 20.4 Å². The molecule has 0 radical (unpaired) electrons. The summed E-state index contributed by atoms with van der Waals surface area (Å²) >= 11 is 0. The van der Waals surface area contributed by atoms with Gasteiger partial charge in [0, 0.05) is 24.2 Å². The number of anilines is 1. The number of morpholine rings is 1. The Morgan fingerprint density at radius 1 is 1.05 bits per heavy atom. The number of rotatable bonds is 3. The number of benzene rings is 1. The maximum absolute atomic E-state index is 11.2. The van der Waals surface area contributed by atoms with Gasteiger partial charge >= 0.3 is 0 Å². The molecule has 0 aliphatic carbocycles. The molecule has 21 heavy (non-hydrogen) atoms. The van der Waals surface area contributed by atoms with Crippen LogP contribution in [0.3, 0.4) is 0 Å². The number of carbonyl (C=O) groups excluding carboxylic acids is 1. The van der Waals surface area contributed by atoms with E-state index in [0.717, 1.165) is 18.7 Å². The van der Waals surface area contributed by atoms with Crippen molar-refractivity contribution in [1.82, 2.24) is 20.4 Å². The zero-order valence-electron chi connectivity index (χ0n) is 11.7. The molecule has 2 heterocycles. The molecule has 3 rings (SSSR count). The number of carbonyl (C=O) groups is 1. The van der Waals surface area contributed by atoms with Crippen LogP contribution in [-0.2, 0) is 4.74 Å². The van der Waals surface area contributed by atoms with E-state index >= 15 is 0 Å². The molecule has 0 N–H and O–H groups in total. The predicted octanol–water partition coefficient (Wildman–Crippen LogP) is 0.973. The number of ether oxygens (including phenoxy) is 1. The van der Waals surface area contributed by atoms with Crippen LogP contribution >= 0.6 is 0 Å². The van der Waals surface area contributed by atoms with E-state index in [2.05, 4.69) is 20.4 Å². The van der Waals surface area contributed by atoms with Crippen LogP contribution in [0.1, 0.15) is 17.3 Å². The molecule has 1 saturated heterocycles. The van der Waals surface area contributed by atoms with E-state index in [4.69, 9.17) is 4.74 Å². The van der Waals surface area contributed by atoms with E-state index in [0.29, 0.717) is 30.5 Å². The molecule has 2 aromatic rings. The highest BCUT2D eigenvalue weighted by atomic mass is 16.5. The average Bonchev–Trinajstić information content (AvgIpc) is 2.56. The van der Waals surface area contributed by atoms with Gasteiger partial charge in [-0.05, 0) is 6.92 Å². The first kappa shape index (κ1) is 13.6. The molecule has 7 nitrogen and oxygen atoms in total. The van der Waals surface area contributed by atoms with Crippen molar-refractivity contribution < 1.29 is 9.53 Å². The van der Waals surface area contributed by atoms with E-state index in [1.165, 1.54) is 6.92 Å². The molecule has 7 heteroatoms. The Morgan fingerprint density at radius 3 is 2.24 bits per heavy atom. The van der Waals surface area contributed by atoms with Gasteiger partial charge in [-0.3, -0.25) is 4.79 Å². The molecule has 0 atom stereocenters. The second kappa shape index (κ2) is 5.92. The zero-order chi connectivity index (χ0) is 14.7. The molecule has 1 fully saturated rings. The lowest BCUT2D eigenvalue weighted by Crippen LogP contribution is -2.37. The van der Waals surface area contributed by atoms with Crippen molar-refractivity contribution in [2.75, 3.05) is 31.2 Å². The van der Waals surface area contributed by atoms with Crippen molar-refractivity contribution in [3.8, 4) is 11.4 Å². The fraction of sp³-hybridized carbons (Fsp3) is 0.357. The van der Waals surface area contributed by atoms with Gasteiger partial charge in [0.15, 0.2) is 5.78 Å². The van der Waals surface area contributed by atoms with Gasteiger partial charge in [-0.2, -0.15) is 0 Å². The van der Waals surface area contributed by atoms with Crippen LogP contribution in [0.25, 0.3) is 11.4 Å². The molecular weight excluding hydrogens is 270 g/mol. The molecule has 0 spiro atoms. The summed E-state index contributed by atoms with van der Waals surface area (Å²) in [5, 5.41) is 16.4. The van der Waals surface area contributed by atoms with Crippen molar-refractivity contribution in [1.29, 1.82) is 0 Å². The highest BCUT2D eigenvalue weighted by molar-refractivity contribution is 5.94. The maximum atomic E-state index is 11.2. The van der Waals surface area contributed by atoms with Crippen LogP contribution in [0.4, 0.5) is 5.95 Å². The Kier molecular flexibility index (Phi) is 3.83. The van der Waals surface area contributed by atoms with Crippen molar-refractivity contribution in [2.24, 2.45) is 0 Å². The lowest BCUT2D eigenvalue weighted by molar-refractivity contribution is 0.101. The van der Waals surface area contributed by atoms with Crippen LogP contribution in [0.15, 0.2) is 24.3 Å². The van der Waals surface area contributed by atoms with Gasteiger partial charge < -0.3 is 9.64 Å². The highest BCUT2D eigenvalue weighted by Crippen LogP contribution is 2.15. The summed E-state index contributed by atoms with van der Waals surface area (Å²) in [6.07, 6.45) is 0. The number of ketones is 1. The summed E-state index contributed by atoms with van der Waals surface area (Å²) < 4.78 is 5.28. The number of Topliss-reactive ketones (excluding diaryl/α,β-unsaturated/α-hetero) is 1. The number of hydrogen-bond acceptors (Lipinski definition) is 7. The first-order chi connectivity index (χ1) is 10.2. The van der Waals surface area contributed by atoms with Crippen LogP contribution in [0.2, 0.25) is 0 Å². The van der Waals surface area contributed by atoms with Crippen LogP contribution < -0.4 is 4.90 Å². The molecule has 1 aliphatic rings. The predicted molar refractivity (Wildman–Crippen MR) is 76.1 cm³/mol. The fourth-order valence-electron chi connectivity index (χ4n) is 2.08. The quantitative estimate of drug-likeness (QED) is 0.777. The average molecular weight is 285 g/mol. The Morgan fingerprint density at radius 2 is 1.67 bits per heavy atom. The first-order valence-electron chi connectivity index (χ1n) is 6.75. The summed E-state index contributed by atoms with van der Waals surface area (Å²) in [6, 6.07) is 7.08. The van der Waals surface area contributed by atoms with E-state index in [1.54, 1.807) is 24.3 Å². The van der Waals surface area contributed by atoms with Crippen molar-refractivity contribution >= 4 is 11.7 Å². The molecular formula is C14H15N5O2. The Balaban J connectivity index is 1.78. The van der Waals surface area contributed by atoms with E-state index in [1.807, 2.05) is 4.90 Å². The topological polar surface area (TPSA) is 81.1 Å². The summed E-state index contributed by atoms with van der Waals surface area (Å²) in [4.78, 5) is 13.2. The van der Waals surface area contributed by atoms with Crippen LogP contribution in [0.5, 0.6) is 0 Å². The Bertz CT molecular complexity index is 621.